The van der Waals surface area contributed by atoms with E-state index in [1.807, 2.05) is 30.3 Å². The van der Waals surface area contributed by atoms with Crippen LogP contribution < -0.4 is 0 Å². The Morgan fingerprint density at radius 2 is 0.961 bits per heavy atom. The molecule has 10 rings (SSSR count). The van der Waals surface area contributed by atoms with E-state index >= 15 is 0 Å². The van der Waals surface area contributed by atoms with Crippen molar-refractivity contribution in [1.82, 2.24) is 14.5 Å². The Kier molecular flexibility index (Phi) is 6.88. The van der Waals surface area contributed by atoms with Gasteiger partial charge in [-0.3, -0.25) is 0 Å². The summed E-state index contributed by atoms with van der Waals surface area (Å²) in [5.74, 6) is 0. The van der Waals surface area contributed by atoms with Crippen LogP contribution in [0.25, 0.3) is 91.3 Å². The van der Waals surface area contributed by atoms with Gasteiger partial charge in [0.2, 0.25) is 0 Å². The first-order valence-corrected chi connectivity index (χ1v) is 18.3. The van der Waals surface area contributed by atoms with Crippen LogP contribution in [0.3, 0.4) is 0 Å². The molecule has 4 nitrogen and oxygen atoms in total. The molecule has 51 heavy (non-hydrogen) atoms. The normalized spacial score (nSPS) is 11.5. The van der Waals surface area contributed by atoms with Crippen LogP contribution in [0.5, 0.6) is 0 Å². The minimum absolute atomic E-state index is 0.629. The smallest absolute Gasteiger partial charge is 0.124 e. The molecule has 0 aliphatic carbocycles. The van der Waals surface area contributed by atoms with Crippen molar-refractivity contribution >= 4 is 64.9 Å². The molecule has 7 aromatic carbocycles. The Bertz CT molecular complexity index is 2810. The molecule has 0 aliphatic heterocycles. The predicted octanol–water partition coefficient (Wildman–Crippen LogP) is 12.5. The molecule has 0 aliphatic rings. The Morgan fingerprint density at radius 3 is 1.47 bits per heavy atom. The number of fused-ring (bicyclic) bond motifs is 5. The maximum absolute atomic E-state index is 9.72. The van der Waals surface area contributed by atoms with Gasteiger partial charge in [0.05, 0.1) is 43.1 Å². The summed E-state index contributed by atoms with van der Waals surface area (Å²) in [6, 6.07) is 57.4. The third-order valence-corrected chi connectivity index (χ3v) is 11.7. The zero-order valence-electron chi connectivity index (χ0n) is 27.1. The summed E-state index contributed by atoms with van der Waals surface area (Å²) in [5, 5.41) is 14.0. The van der Waals surface area contributed by atoms with Crippen LogP contribution in [0.4, 0.5) is 0 Å². The number of benzene rings is 7. The van der Waals surface area contributed by atoms with Gasteiger partial charge >= 0.3 is 0 Å². The number of hydrogen-bond acceptors (Lipinski definition) is 5. The highest BCUT2D eigenvalue weighted by atomic mass is 32.1. The lowest BCUT2D eigenvalue weighted by molar-refractivity contribution is 1.18. The fraction of sp³-hybridized carbons (Fsp3) is 0. The van der Waals surface area contributed by atoms with Crippen molar-refractivity contribution in [2.75, 3.05) is 0 Å². The molecule has 3 heterocycles. The van der Waals surface area contributed by atoms with Crippen molar-refractivity contribution in [1.29, 1.82) is 5.26 Å². The van der Waals surface area contributed by atoms with Gasteiger partial charge in [0.1, 0.15) is 10.0 Å². The number of rotatable bonds is 5. The highest BCUT2D eigenvalue weighted by molar-refractivity contribution is 7.22. The van der Waals surface area contributed by atoms with E-state index < -0.39 is 0 Å². The Labute approximate surface area is 301 Å². The summed E-state index contributed by atoms with van der Waals surface area (Å²) in [5.41, 5.74) is 12.6. The lowest BCUT2D eigenvalue weighted by Crippen LogP contribution is -1.94. The fourth-order valence-corrected chi connectivity index (χ4v) is 8.89. The third kappa shape index (κ3) is 5.11. The first kappa shape index (κ1) is 29.5. The molecule has 0 amide bonds. The van der Waals surface area contributed by atoms with Gasteiger partial charge in [-0.15, -0.1) is 22.7 Å². The van der Waals surface area contributed by atoms with E-state index in [1.54, 1.807) is 22.7 Å². The quantitative estimate of drug-likeness (QED) is 0.181. The summed E-state index contributed by atoms with van der Waals surface area (Å²) < 4.78 is 4.58. The van der Waals surface area contributed by atoms with Crippen LogP contribution in [0.1, 0.15) is 5.56 Å². The summed E-state index contributed by atoms with van der Waals surface area (Å²) in [4.78, 5) is 10.3. The Balaban J connectivity index is 1.13. The molecule has 0 atom stereocenters. The number of nitriles is 1. The van der Waals surface area contributed by atoms with E-state index in [-0.39, 0.29) is 0 Å². The molecular weight excluding hydrogens is 661 g/mol. The van der Waals surface area contributed by atoms with Gasteiger partial charge in [-0.25, -0.2) is 9.97 Å². The second-order valence-corrected chi connectivity index (χ2v) is 14.7. The molecule has 0 unspecified atom stereocenters. The van der Waals surface area contributed by atoms with E-state index in [1.165, 1.54) is 11.1 Å². The van der Waals surface area contributed by atoms with Gasteiger partial charge in [0.25, 0.3) is 0 Å². The van der Waals surface area contributed by atoms with E-state index in [2.05, 4.69) is 138 Å². The molecule has 0 N–H and O–H groups in total. The van der Waals surface area contributed by atoms with Gasteiger partial charge in [-0.2, -0.15) is 5.26 Å². The summed E-state index contributed by atoms with van der Waals surface area (Å²) >= 11 is 3.43. The van der Waals surface area contributed by atoms with Crippen LogP contribution >= 0.6 is 22.7 Å². The highest BCUT2D eigenvalue weighted by Crippen LogP contribution is 2.40. The minimum Gasteiger partial charge on any atom is -0.309 e. The maximum atomic E-state index is 9.72. The number of aromatic nitrogens is 3. The zero-order valence-corrected chi connectivity index (χ0v) is 28.7. The molecule has 10 aromatic rings. The molecule has 3 aromatic heterocycles. The molecule has 238 valence electrons. The molecule has 0 radical (unpaired) electrons. The van der Waals surface area contributed by atoms with E-state index in [0.717, 1.165) is 80.2 Å². The van der Waals surface area contributed by atoms with E-state index in [4.69, 9.17) is 9.97 Å². The summed E-state index contributed by atoms with van der Waals surface area (Å²) in [6.07, 6.45) is 0. The van der Waals surface area contributed by atoms with Crippen LogP contribution in [0.2, 0.25) is 0 Å². The Morgan fingerprint density at radius 1 is 0.451 bits per heavy atom. The van der Waals surface area contributed by atoms with Gasteiger partial charge in [0.15, 0.2) is 0 Å². The van der Waals surface area contributed by atoms with Crippen molar-refractivity contribution in [3.05, 3.63) is 163 Å². The van der Waals surface area contributed by atoms with E-state index in [0.29, 0.717) is 5.56 Å². The molecule has 6 heteroatoms. The van der Waals surface area contributed by atoms with Crippen molar-refractivity contribution in [2.45, 2.75) is 0 Å². The summed E-state index contributed by atoms with van der Waals surface area (Å²) in [6.45, 7) is 0. The molecule has 0 spiro atoms. The second-order valence-electron chi connectivity index (χ2n) is 12.6. The van der Waals surface area contributed by atoms with Crippen LogP contribution in [0.15, 0.2) is 158 Å². The van der Waals surface area contributed by atoms with Crippen LogP contribution in [-0.2, 0) is 0 Å². The van der Waals surface area contributed by atoms with Gasteiger partial charge in [-0.05, 0) is 101 Å². The average molecular weight is 687 g/mol. The largest absolute Gasteiger partial charge is 0.309 e. The first-order chi connectivity index (χ1) is 25.2. The molecule has 0 fully saturated rings. The SMILES string of the molecule is N#Cc1cccc(-n2c3ccc(-c4nc5cc(-c6ccccc6)ccc5s4)cc3c3cc(-c4nc5cc(-c6ccccc6)ccc5s4)ccc32)c1. The molecular formula is C45H26N4S2. The highest BCUT2D eigenvalue weighted by Gasteiger charge is 2.18. The summed E-state index contributed by atoms with van der Waals surface area (Å²) in [7, 11) is 0. The monoisotopic (exact) mass is 686 g/mol. The van der Waals surface area contributed by atoms with Crippen molar-refractivity contribution < 1.29 is 0 Å². The van der Waals surface area contributed by atoms with Crippen LogP contribution in [0, 0.1) is 11.3 Å². The van der Waals surface area contributed by atoms with Crippen molar-refractivity contribution in [3.8, 4) is 55.2 Å². The average Bonchev–Trinajstić information content (AvgIpc) is 3.91. The molecule has 0 bridgehead atoms. The van der Waals surface area contributed by atoms with Gasteiger partial charge < -0.3 is 4.57 Å². The lowest BCUT2D eigenvalue weighted by Gasteiger charge is -2.08. The standard InChI is InChI=1S/C45H26N4S2/c46-27-28-8-7-13-35(22-28)49-40-18-14-33(44-47-38-25-31(16-20-42(38)50-44)29-9-3-1-4-10-29)23-36(40)37-24-34(15-19-41(37)49)45-48-39-26-32(17-21-43(39)51-45)30-11-5-2-6-12-30/h1-26H. The Hall–Kier alpha value is -6.39. The zero-order chi connectivity index (χ0) is 33.9. The number of thiazole rings is 2. The number of nitrogens with zero attached hydrogens (tertiary/aromatic N) is 4. The first-order valence-electron chi connectivity index (χ1n) is 16.7. The topological polar surface area (TPSA) is 54.5 Å². The van der Waals surface area contributed by atoms with E-state index in [9.17, 15) is 5.26 Å². The predicted molar refractivity (Wildman–Crippen MR) is 214 cm³/mol. The van der Waals surface area contributed by atoms with Crippen molar-refractivity contribution in [2.24, 2.45) is 0 Å². The number of hydrogen-bond donors (Lipinski definition) is 0. The maximum Gasteiger partial charge on any atom is 0.124 e. The second kappa shape index (κ2) is 11.9. The lowest BCUT2D eigenvalue weighted by atomic mass is 10.1. The van der Waals surface area contributed by atoms with Crippen LogP contribution in [-0.4, -0.2) is 14.5 Å². The fourth-order valence-electron chi connectivity index (χ4n) is 7.00. The van der Waals surface area contributed by atoms with Crippen molar-refractivity contribution in [3.63, 3.8) is 0 Å². The minimum atomic E-state index is 0.629. The van der Waals surface area contributed by atoms with Gasteiger partial charge in [-0.1, -0.05) is 78.9 Å². The third-order valence-electron chi connectivity index (χ3n) is 9.48. The molecule has 0 saturated heterocycles. The van der Waals surface area contributed by atoms with Gasteiger partial charge in [0, 0.05) is 27.6 Å². The molecule has 0 saturated carbocycles.